The summed E-state index contributed by atoms with van der Waals surface area (Å²) in [5.74, 6) is 0.936. The molecule has 2 nitrogen and oxygen atoms in total. The summed E-state index contributed by atoms with van der Waals surface area (Å²) < 4.78 is 39.7. The summed E-state index contributed by atoms with van der Waals surface area (Å²) in [5.41, 5.74) is -0.256. The Morgan fingerprint density at radius 1 is 1.29 bits per heavy atom. The number of nitrogens with one attached hydrogen (secondary N) is 1. The highest BCUT2D eigenvalue weighted by molar-refractivity contribution is 5.30. The molecule has 1 aliphatic carbocycles. The molecular formula is C16H23F3N2. The quantitative estimate of drug-likeness (QED) is 0.880. The van der Waals surface area contributed by atoms with E-state index >= 15 is 0 Å². The van der Waals surface area contributed by atoms with Crippen LogP contribution in [0.2, 0.25) is 0 Å². The number of hydrogen-bond donors (Lipinski definition) is 1. The molecule has 1 fully saturated rings. The molecule has 0 radical (unpaired) electrons. The fourth-order valence-corrected chi connectivity index (χ4v) is 3.28. The van der Waals surface area contributed by atoms with Gasteiger partial charge in [-0.3, -0.25) is 4.98 Å². The van der Waals surface area contributed by atoms with Gasteiger partial charge >= 0.3 is 6.18 Å². The molecule has 1 atom stereocenters. The third kappa shape index (κ3) is 3.96. The molecule has 1 unspecified atom stereocenters. The predicted molar refractivity (Wildman–Crippen MR) is 76.8 cm³/mol. The van der Waals surface area contributed by atoms with E-state index in [9.17, 15) is 13.2 Å². The van der Waals surface area contributed by atoms with E-state index in [1.54, 1.807) is 0 Å². The maximum Gasteiger partial charge on any atom is 0.416 e. The molecule has 1 aliphatic rings. The normalized spacial score (nSPS) is 24.8. The lowest BCUT2D eigenvalue weighted by atomic mass is 9.77. The van der Waals surface area contributed by atoms with Crippen molar-refractivity contribution in [1.82, 2.24) is 10.3 Å². The van der Waals surface area contributed by atoms with Gasteiger partial charge in [0.15, 0.2) is 0 Å². The van der Waals surface area contributed by atoms with Gasteiger partial charge in [-0.25, -0.2) is 0 Å². The fourth-order valence-electron chi connectivity index (χ4n) is 3.28. The molecule has 21 heavy (non-hydrogen) atoms. The molecule has 0 amide bonds. The van der Waals surface area contributed by atoms with E-state index in [1.165, 1.54) is 12.4 Å². The average Bonchev–Trinajstić information content (AvgIpc) is 2.45. The van der Waals surface area contributed by atoms with Crippen LogP contribution in [0.4, 0.5) is 13.2 Å². The van der Waals surface area contributed by atoms with E-state index in [1.807, 2.05) is 6.92 Å². The minimum Gasteiger partial charge on any atom is -0.310 e. The molecule has 0 saturated heterocycles. The number of aromatic nitrogens is 1. The third-order valence-corrected chi connectivity index (χ3v) is 4.45. The summed E-state index contributed by atoms with van der Waals surface area (Å²) in [7, 11) is 0. The van der Waals surface area contributed by atoms with Gasteiger partial charge in [0.2, 0.25) is 0 Å². The Kier molecular flexibility index (Phi) is 5.25. The Morgan fingerprint density at radius 3 is 2.52 bits per heavy atom. The Hall–Kier alpha value is -1.10. The van der Waals surface area contributed by atoms with Crippen LogP contribution in [0.15, 0.2) is 18.5 Å². The highest BCUT2D eigenvalue weighted by Gasteiger charge is 2.37. The van der Waals surface area contributed by atoms with Crippen LogP contribution >= 0.6 is 0 Å². The van der Waals surface area contributed by atoms with Gasteiger partial charge in [-0.05, 0) is 42.9 Å². The molecule has 2 rings (SSSR count). The van der Waals surface area contributed by atoms with Gasteiger partial charge in [0.25, 0.3) is 0 Å². The van der Waals surface area contributed by atoms with E-state index < -0.39 is 11.7 Å². The molecule has 1 aromatic rings. The van der Waals surface area contributed by atoms with Crippen LogP contribution in [0, 0.1) is 11.8 Å². The third-order valence-electron chi connectivity index (χ3n) is 4.45. The van der Waals surface area contributed by atoms with Crippen molar-refractivity contribution < 1.29 is 13.2 Å². The second-order valence-electron chi connectivity index (χ2n) is 6.02. The molecule has 1 heterocycles. The summed E-state index contributed by atoms with van der Waals surface area (Å²) in [6.45, 7) is 4.80. The lowest BCUT2D eigenvalue weighted by molar-refractivity contribution is -0.138. The van der Waals surface area contributed by atoms with Gasteiger partial charge in [-0.2, -0.15) is 13.2 Å². The number of nitrogens with zero attached hydrogens (tertiary/aromatic N) is 1. The van der Waals surface area contributed by atoms with Crippen molar-refractivity contribution in [2.24, 2.45) is 11.8 Å². The Morgan fingerprint density at radius 2 is 1.95 bits per heavy atom. The molecule has 1 saturated carbocycles. The molecule has 1 aromatic heterocycles. The van der Waals surface area contributed by atoms with Crippen LogP contribution in [0.3, 0.4) is 0 Å². The van der Waals surface area contributed by atoms with Crippen LogP contribution in [-0.2, 0) is 6.18 Å². The summed E-state index contributed by atoms with van der Waals surface area (Å²) in [4.78, 5) is 3.93. The molecule has 0 bridgehead atoms. The predicted octanol–water partition coefficient (Wildman–Crippen LogP) is 4.58. The van der Waals surface area contributed by atoms with Gasteiger partial charge in [0, 0.05) is 18.4 Å². The number of alkyl halides is 3. The second kappa shape index (κ2) is 6.77. The van der Waals surface area contributed by atoms with Gasteiger partial charge in [-0.15, -0.1) is 0 Å². The number of hydrogen-bond acceptors (Lipinski definition) is 2. The standard InChI is InChI=1S/C16H23F3N2/c1-3-21-15(12-6-4-11(2)5-7-12)13-10-20-9-8-14(13)16(17,18)19/h8-12,15,21H,3-7H2,1-2H3. The Balaban J connectivity index is 2.30. The largest absolute Gasteiger partial charge is 0.416 e. The van der Waals surface area contributed by atoms with Crippen LogP contribution in [-0.4, -0.2) is 11.5 Å². The first kappa shape index (κ1) is 16.3. The van der Waals surface area contributed by atoms with Crippen molar-refractivity contribution in [1.29, 1.82) is 0 Å². The lowest BCUT2D eigenvalue weighted by Gasteiger charge is -2.34. The Bertz CT molecular complexity index is 451. The zero-order valence-electron chi connectivity index (χ0n) is 12.6. The molecule has 0 aromatic carbocycles. The molecule has 5 heteroatoms. The van der Waals surface area contributed by atoms with Crippen LogP contribution in [0.5, 0.6) is 0 Å². The summed E-state index contributed by atoms with van der Waals surface area (Å²) in [5, 5.41) is 3.26. The zero-order valence-corrected chi connectivity index (χ0v) is 12.6. The number of rotatable bonds is 4. The molecular weight excluding hydrogens is 277 g/mol. The lowest BCUT2D eigenvalue weighted by Crippen LogP contribution is -2.32. The van der Waals surface area contributed by atoms with Gasteiger partial charge in [0.05, 0.1) is 5.56 Å². The molecule has 0 aliphatic heterocycles. The SMILES string of the molecule is CCNC(c1cnccc1C(F)(F)F)C1CCC(C)CC1. The topological polar surface area (TPSA) is 24.9 Å². The van der Waals surface area contributed by atoms with Crippen molar-refractivity contribution >= 4 is 0 Å². The summed E-state index contributed by atoms with van der Waals surface area (Å²) >= 11 is 0. The van der Waals surface area contributed by atoms with Crippen molar-refractivity contribution in [3.8, 4) is 0 Å². The fraction of sp³-hybridized carbons (Fsp3) is 0.688. The molecule has 0 spiro atoms. The second-order valence-corrected chi connectivity index (χ2v) is 6.02. The molecule has 118 valence electrons. The van der Waals surface area contributed by atoms with E-state index in [-0.39, 0.29) is 12.0 Å². The van der Waals surface area contributed by atoms with Crippen molar-refractivity contribution in [2.75, 3.05) is 6.54 Å². The average molecular weight is 300 g/mol. The first-order valence-corrected chi connectivity index (χ1v) is 7.68. The first-order valence-electron chi connectivity index (χ1n) is 7.68. The van der Waals surface area contributed by atoms with Crippen molar-refractivity contribution in [3.63, 3.8) is 0 Å². The summed E-state index contributed by atoms with van der Waals surface area (Å²) in [6, 6.07) is 0.832. The maximum absolute atomic E-state index is 13.2. The summed E-state index contributed by atoms with van der Waals surface area (Å²) in [6.07, 6.45) is 2.42. The van der Waals surface area contributed by atoms with Gasteiger partial charge in [0.1, 0.15) is 0 Å². The van der Waals surface area contributed by atoms with E-state index in [0.717, 1.165) is 31.7 Å². The van der Waals surface area contributed by atoms with Crippen molar-refractivity contribution in [2.45, 2.75) is 51.7 Å². The monoisotopic (exact) mass is 300 g/mol. The zero-order chi connectivity index (χ0) is 15.5. The van der Waals surface area contributed by atoms with Crippen LogP contribution < -0.4 is 5.32 Å². The van der Waals surface area contributed by atoms with Crippen LogP contribution in [0.25, 0.3) is 0 Å². The maximum atomic E-state index is 13.2. The van der Waals surface area contributed by atoms with E-state index in [2.05, 4.69) is 17.2 Å². The van der Waals surface area contributed by atoms with E-state index in [0.29, 0.717) is 18.0 Å². The van der Waals surface area contributed by atoms with Gasteiger partial charge in [-0.1, -0.05) is 26.7 Å². The van der Waals surface area contributed by atoms with Gasteiger partial charge < -0.3 is 5.32 Å². The smallest absolute Gasteiger partial charge is 0.310 e. The number of halogens is 3. The van der Waals surface area contributed by atoms with Crippen molar-refractivity contribution in [3.05, 3.63) is 29.6 Å². The first-order chi connectivity index (χ1) is 9.93. The van der Waals surface area contributed by atoms with E-state index in [4.69, 9.17) is 0 Å². The molecule has 1 N–H and O–H groups in total. The Labute approximate surface area is 124 Å². The highest BCUT2D eigenvalue weighted by Crippen LogP contribution is 2.41. The van der Waals surface area contributed by atoms with Crippen LogP contribution in [0.1, 0.15) is 56.7 Å². The minimum absolute atomic E-state index is 0.256. The minimum atomic E-state index is -4.33. The highest BCUT2D eigenvalue weighted by atomic mass is 19.4. The number of pyridine rings is 1.